The Morgan fingerprint density at radius 2 is 1.81 bits per heavy atom. The van der Waals surface area contributed by atoms with Crippen LogP contribution in [0.3, 0.4) is 0 Å². The van der Waals surface area contributed by atoms with Gasteiger partial charge in [0.1, 0.15) is 0 Å². The Hall–Kier alpha value is -0.520. The minimum atomic E-state index is -2.22. The molecule has 0 saturated carbocycles. The van der Waals surface area contributed by atoms with Crippen molar-refractivity contribution in [3.05, 3.63) is 0 Å². The fourth-order valence-electron chi connectivity index (χ4n) is 1.32. The van der Waals surface area contributed by atoms with Gasteiger partial charge in [0.15, 0.2) is 0 Å². The summed E-state index contributed by atoms with van der Waals surface area (Å²) in [6.45, 7) is 2.44. The number of alkyl halides is 3. The van der Waals surface area contributed by atoms with Gasteiger partial charge in [-0.1, -0.05) is 34.8 Å². The molecule has 90 valence electrons. The molecule has 0 aromatic heterocycles. The molecule has 1 fully saturated rings. The van der Waals surface area contributed by atoms with Crippen LogP contribution in [0.25, 0.3) is 0 Å². The van der Waals surface area contributed by atoms with E-state index in [-0.39, 0.29) is 13.1 Å². The first-order chi connectivity index (χ1) is 7.29. The van der Waals surface area contributed by atoms with E-state index in [2.05, 4.69) is 0 Å². The Bertz CT molecular complexity index is 340. The lowest BCUT2D eigenvalue weighted by atomic mass is 10.3. The maximum absolute atomic E-state index is 11.5. The van der Waals surface area contributed by atoms with E-state index in [0.29, 0.717) is 11.4 Å². The van der Waals surface area contributed by atoms with Crippen LogP contribution in [0.15, 0.2) is 0 Å². The van der Waals surface area contributed by atoms with Crippen LogP contribution in [0.2, 0.25) is 0 Å². The summed E-state index contributed by atoms with van der Waals surface area (Å²) in [4.78, 5) is 36.5. The molecule has 0 aliphatic carbocycles. The molecule has 0 aromatic carbocycles. The van der Waals surface area contributed by atoms with Crippen molar-refractivity contribution in [3.8, 4) is 0 Å². The normalized spacial score (nSPS) is 18.0. The standard InChI is InChI=1S/C8H9Cl3N2O3/c1-2-12-3-4-13(6(15)5(12)14)7(16)8(9,10)11/h2-4H2,1H3. The van der Waals surface area contributed by atoms with E-state index in [1.165, 1.54) is 4.90 Å². The van der Waals surface area contributed by atoms with E-state index in [9.17, 15) is 14.4 Å². The molecule has 0 atom stereocenters. The molecular weight excluding hydrogens is 278 g/mol. The number of nitrogens with zero attached hydrogens (tertiary/aromatic N) is 2. The van der Waals surface area contributed by atoms with Gasteiger partial charge in [-0.3, -0.25) is 19.3 Å². The summed E-state index contributed by atoms with van der Waals surface area (Å²) >= 11 is 16.1. The first-order valence-electron chi connectivity index (χ1n) is 4.51. The molecular formula is C8H9Cl3N2O3. The van der Waals surface area contributed by atoms with E-state index >= 15 is 0 Å². The van der Waals surface area contributed by atoms with Gasteiger partial charge in [0.25, 0.3) is 9.70 Å². The van der Waals surface area contributed by atoms with Gasteiger partial charge in [-0.15, -0.1) is 0 Å². The quantitative estimate of drug-likeness (QED) is 0.523. The number of carbonyl (C=O) groups excluding carboxylic acids is 3. The summed E-state index contributed by atoms with van der Waals surface area (Å²) < 4.78 is -2.22. The van der Waals surface area contributed by atoms with Crippen molar-refractivity contribution in [2.75, 3.05) is 19.6 Å². The van der Waals surface area contributed by atoms with Gasteiger partial charge in [0.2, 0.25) is 0 Å². The van der Waals surface area contributed by atoms with Gasteiger partial charge in [0, 0.05) is 19.6 Å². The van der Waals surface area contributed by atoms with Gasteiger partial charge < -0.3 is 4.90 Å². The monoisotopic (exact) mass is 286 g/mol. The molecule has 1 heterocycles. The number of likely N-dealkylation sites (N-methyl/N-ethyl adjacent to an activating group) is 1. The van der Waals surface area contributed by atoms with Gasteiger partial charge >= 0.3 is 11.8 Å². The van der Waals surface area contributed by atoms with Gasteiger partial charge in [0.05, 0.1) is 0 Å². The average Bonchev–Trinajstić information content (AvgIpc) is 2.20. The molecule has 5 nitrogen and oxygen atoms in total. The lowest BCUT2D eigenvalue weighted by molar-refractivity contribution is -0.160. The first-order valence-corrected chi connectivity index (χ1v) is 5.64. The van der Waals surface area contributed by atoms with E-state index in [4.69, 9.17) is 34.8 Å². The molecule has 1 aliphatic heterocycles. The van der Waals surface area contributed by atoms with Crippen LogP contribution in [0.1, 0.15) is 6.92 Å². The number of carbonyl (C=O) groups is 3. The third kappa shape index (κ3) is 2.59. The number of imide groups is 1. The molecule has 0 radical (unpaired) electrons. The predicted octanol–water partition coefficient (Wildman–Crippen LogP) is 0.574. The number of piperazine rings is 1. The zero-order valence-electron chi connectivity index (χ0n) is 8.37. The van der Waals surface area contributed by atoms with E-state index in [1.54, 1.807) is 6.92 Å². The molecule has 0 bridgehead atoms. The second-order valence-electron chi connectivity index (χ2n) is 3.14. The lowest BCUT2D eigenvalue weighted by Gasteiger charge is -2.32. The van der Waals surface area contributed by atoms with Gasteiger partial charge in [-0.2, -0.15) is 0 Å². The molecule has 1 rings (SSSR count). The number of hydrogen-bond donors (Lipinski definition) is 0. The number of hydrogen-bond acceptors (Lipinski definition) is 3. The Kier molecular flexibility index (Phi) is 4.04. The number of amides is 3. The van der Waals surface area contributed by atoms with Crippen molar-refractivity contribution in [1.82, 2.24) is 9.80 Å². The van der Waals surface area contributed by atoms with E-state index in [0.717, 1.165) is 0 Å². The van der Waals surface area contributed by atoms with Crippen LogP contribution in [0.4, 0.5) is 0 Å². The van der Waals surface area contributed by atoms with Crippen molar-refractivity contribution in [2.24, 2.45) is 0 Å². The van der Waals surface area contributed by atoms with Crippen LogP contribution < -0.4 is 0 Å². The van der Waals surface area contributed by atoms with Crippen molar-refractivity contribution in [1.29, 1.82) is 0 Å². The summed E-state index contributed by atoms with van der Waals surface area (Å²) in [5.41, 5.74) is 0. The smallest absolute Gasteiger partial charge is 0.318 e. The van der Waals surface area contributed by atoms with Crippen molar-refractivity contribution >= 4 is 52.5 Å². The topological polar surface area (TPSA) is 57.7 Å². The molecule has 3 amide bonds. The minimum absolute atomic E-state index is 0.0468. The SMILES string of the molecule is CCN1CCN(C(=O)C(Cl)(Cl)Cl)C(=O)C1=O. The maximum Gasteiger partial charge on any atom is 0.318 e. The van der Waals surface area contributed by atoms with E-state index < -0.39 is 21.5 Å². The van der Waals surface area contributed by atoms with Crippen LogP contribution in [0, 0.1) is 0 Å². The van der Waals surface area contributed by atoms with Gasteiger partial charge in [-0.25, -0.2) is 0 Å². The summed E-state index contributed by atoms with van der Waals surface area (Å²) in [6, 6.07) is 0. The zero-order chi connectivity index (χ0) is 12.5. The van der Waals surface area contributed by atoms with Crippen LogP contribution in [-0.4, -0.2) is 50.9 Å². The minimum Gasteiger partial charge on any atom is -0.333 e. The highest BCUT2D eigenvalue weighted by atomic mass is 35.6. The summed E-state index contributed by atoms with van der Waals surface area (Å²) in [7, 11) is 0. The number of rotatable bonds is 1. The highest BCUT2D eigenvalue weighted by Gasteiger charge is 2.43. The van der Waals surface area contributed by atoms with Crippen LogP contribution in [0.5, 0.6) is 0 Å². The molecule has 0 spiro atoms. The average molecular weight is 288 g/mol. The van der Waals surface area contributed by atoms with Crippen LogP contribution >= 0.6 is 34.8 Å². The zero-order valence-corrected chi connectivity index (χ0v) is 10.6. The van der Waals surface area contributed by atoms with Crippen molar-refractivity contribution in [3.63, 3.8) is 0 Å². The third-order valence-corrected chi connectivity index (χ3v) is 2.66. The second kappa shape index (κ2) is 4.77. The first kappa shape index (κ1) is 13.5. The molecule has 0 aromatic rings. The predicted molar refractivity (Wildman–Crippen MR) is 59.3 cm³/mol. The fraction of sp³-hybridized carbons (Fsp3) is 0.625. The maximum atomic E-state index is 11.5. The largest absolute Gasteiger partial charge is 0.333 e. The molecule has 16 heavy (non-hydrogen) atoms. The highest BCUT2D eigenvalue weighted by molar-refractivity contribution is 6.76. The highest BCUT2D eigenvalue weighted by Crippen LogP contribution is 2.29. The van der Waals surface area contributed by atoms with E-state index in [1.807, 2.05) is 0 Å². The Labute approximate surface area is 107 Å². The van der Waals surface area contributed by atoms with Gasteiger partial charge in [-0.05, 0) is 6.92 Å². The van der Waals surface area contributed by atoms with Crippen LogP contribution in [-0.2, 0) is 14.4 Å². The lowest BCUT2D eigenvalue weighted by Crippen LogP contribution is -2.58. The number of halogens is 3. The Balaban J connectivity index is 2.84. The summed E-state index contributed by atoms with van der Waals surface area (Å²) in [6.07, 6.45) is 0. The Morgan fingerprint density at radius 3 is 2.25 bits per heavy atom. The van der Waals surface area contributed by atoms with Crippen molar-refractivity contribution < 1.29 is 14.4 Å². The molecule has 0 N–H and O–H groups in total. The fourth-order valence-corrected chi connectivity index (χ4v) is 1.63. The second-order valence-corrected chi connectivity index (χ2v) is 5.43. The Morgan fingerprint density at radius 1 is 1.25 bits per heavy atom. The van der Waals surface area contributed by atoms with Crippen molar-refractivity contribution in [2.45, 2.75) is 10.7 Å². The third-order valence-electron chi connectivity index (χ3n) is 2.18. The molecule has 1 saturated heterocycles. The summed E-state index contributed by atoms with van der Waals surface area (Å²) in [5, 5.41) is 0. The molecule has 8 heteroatoms. The molecule has 0 unspecified atom stereocenters. The summed E-state index contributed by atoms with van der Waals surface area (Å²) in [5.74, 6) is -2.70. The molecule has 1 aliphatic rings.